The number of carboxylic acid groups (broad SMARTS) is 10. The lowest BCUT2D eigenvalue weighted by molar-refractivity contribution is -0.148. The van der Waals surface area contributed by atoms with Gasteiger partial charge in [0.15, 0.2) is 0 Å². The number of amides is 14. The summed E-state index contributed by atoms with van der Waals surface area (Å²) < 4.78 is 0. The zero-order valence-electron chi connectivity index (χ0n) is 51.7. The third kappa shape index (κ3) is 36.7. The van der Waals surface area contributed by atoms with Gasteiger partial charge >= 0.3 is 59.7 Å². The van der Waals surface area contributed by atoms with Gasteiger partial charge in [-0.2, -0.15) is 0 Å². The summed E-state index contributed by atoms with van der Waals surface area (Å²) in [6.07, 6.45) is -11.5. The lowest BCUT2D eigenvalue weighted by atomic mass is 10.1. The first-order chi connectivity index (χ1) is 46.9. The Hall–Kier alpha value is -12.8. The monoisotopic (exact) mass is 1460 g/mol. The molecule has 0 aromatic heterocycles. The zero-order valence-corrected chi connectivity index (χ0v) is 51.7. The fourth-order valence-corrected chi connectivity index (χ4v) is 7.52. The van der Waals surface area contributed by atoms with Crippen LogP contribution in [0.3, 0.4) is 0 Å². The van der Waals surface area contributed by atoms with Crippen molar-refractivity contribution in [3.8, 4) is 0 Å². The minimum atomic E-state index is -2.39. The molecular weight excluding hydrogens is 1390 g/mol. The van der Waals surface area contributed by atoms with E-state index in [4.69, 9.17) is 15.9 Å². The maximum absolute atomic E-state index is 13.4. The summed E-state index contributed by atoms with van der Waals surface area (Å²) in [5, 5.41) is 137. The standard InChI is InChI=1S/C50H69N15O36/c51-16(1-31(72)73)40(90)60-21(6-36(82)83)47(97)61-17(2-32(74)75)41(91)52-12-29(70)58-25(14-66)43(93)54-10-27(68)56-19(4-34(78)79)45(95)63-22(7-37(84)85)48(98)62-18(3-33(76)77)42(92)53-13-30(71)59-26(15-67)44(94)55-11-28(69)57-20(5-35(80)81)46(96)64-23(8-38(86)87)49(99)65-24(50(100)101)9-39(88)89/h16-26,66-67H,1-15,51H2,(H,52,91)(H,53,92)(H,54,93)(H,55,94)(H,56,68)(H,57,69)(H,58,70)(H,59,71)(H,60,90)(H,61,97)(H,62,98)(H,63,95)(H,64,96)(H,65,99)(H,72,73)(H,74,75)(H,76,77)(H,78,79)(H,80,81)(H,82,83)(H,84,85)(H,86,87)(H,88,89)(H,100,101)/t16-,17-,18-,19-,20-,21-,22-,23-,24-,25-,26-/m0/s1. The van der Waals surface area contributed by atoms with Crippen molar-refractivity contribution in [2.45, 2.75) is 124 Å². The molecule has 0 aromatic carbocycles. The maximum Gasteiger partial charge on any atom is 0.326 e. The van der Waals surface area contributed by atoms with Gasteiger partial charge in [-0.05, 0) is 0 Å². The van der Waals surface area contributed by atoms with Gasteiger partial charge in [0, 0.05) is 0 Å². The van der Waals surface area contributed by atoms with Gasteiger partial charge in [0.2, 0.25) is 82.7 Å². The minimum Gasteiger partial charge on any atom is -0.481 e. The molecule has 51 heteroatoms. The summed E-state index contributed by atoms with van der Waals surface area (Å²) in [4.78, 5) is 295. The Bertz CT molecular complexity index is 3220. The first-order valence-electron chi connectivity index (χ1n) is 28.2. The Labute approximate surface area is 561 Å². The van der Waals surface area contributed by atoms with Crippen LogP contribution in [0.4, 0.5) is 0 Å². The SMILES string of the molecule is N[C@@H](CC(=O)O)C(=O)N[C@@H](CC(=O)O)C(=O)N[C@@H](CC(=O)O)C(=O)NCC(=O)N[C@@H](CO)C(=O)NCC(=O)N[C@@H](CC(=O)O)C(=O)N[C@@H](CC(=O)O)C(=O)N[C@@H](CC(=O)O)C(=O)NCC(=O)N[C@@H](CO)C(=O)NCC(=O)N[C@@H](CC(=O)O)C(=O)N[C@@H](CC(=O)O)C(=O)N[C@@H](CC(=O)O)C(=O)O. The highest BCUT2D eigenvalue weighted by molar-refractivity contribution is 6.02. The minimum absolute atomic E-state index is 0.982. The smallest absolute Gasteiger partial charge is 0.326 e. The summed E-state index contributed by atoms with van der Waals surface area (Å²) in [5.41, 5.74) is 5.40. The second-order valence-electron chi connectivity index (χ2n) is 20.4. The highest BCUT2D eigenvalue weighted by Crippen LogP contribution is 2.06. The topological polar surface area (TPSA) is 847 Å². The van der Waals surface area contributed by atoms with Gasteiger partial charge in [0.25, 0.3) is 0 Å². The van der Waals surface area contributed by atoms with E-state index >= 15 is 0 Å². The largest absolute Gasteiger partial charge is 0.481 e. The lowest BCUT2D eigenvalue weighted by Gasteiger charge is -2.24. The number of nitrogens with one attached hydrogen (secondary N) is 14. The molecule has 0 saturated heterocycles. The molecule has 51 nitrogen and oxygen atoms in total. The van der Waals surface area contributed by atoms with Crippen LogP contribution in [0, 0.1) is 0 Å². The molecule has 0 bridgehead atoms. The number of rotatable bonds is 49. The first kappa shape index (κ1) is 88.2. The lowest BCUT2D eigenvalue weighted by Crippen LogP contribution is -2.59. The Morgan fingerprint density at radius 2 is 0.386 bits per heavy atom. The van der Waals surface area contributed by atoms with Crippen molar-refractivity contribution < 1.29 is 176 Å². The second kappa shape index (κ2) is 44.1. The average Bonchev–Trinajstić information content (AvgIpc) is 0.879. The van der Waals surface area contributed by atoms with Gasteiger partial charge < -0.3 is 141 Å². The number of aliphatic hydroxyl groups excluding tert-OH is 2. The Morgan fingerprint density at radius 1 is 0.218 bits per heavy atom. The molecule has 0 saturated carbocycles. The van der Waals surface area contributed by atoms with E-state index in [9.17, 15) is 166 Å². The molecule has 0 fully saturated rings. The van der Waals surface area contributed by atoms with Gasteiger partial charge in [-0.1, -0.05) is 0 Å². The van der Waals surface area contributed by atoms with Crippen LogP contribution in [0.2, 0.25) is 0 Å². The van der Waals surface area contributed by atoms with E-state index in [2.05, 4.69) is 0 Å². The van der Waals surface area contributed by atoms with Crippen molar-refractivity contribution in [3.05, 3.63) is 0 Å². The van der Waals surface area contributed by atoms with Crippen molar-refractivity contribution >= 4 is 142 Å². The molecule has 0 aliphatic heterocycles. The number of carbonyl (C=O) groups is 24. The Balaban J connectivity index is 5.97. The van der Waals surface area contributed by atoms with E-state index in [0.29, 0.717) is 0 Å². The molecule has 0 unspecified atom stereocenters. The molecule has 560 valence electrons. The third-order valence-electron chi connectivity index (χ3n) is 12.2. The van der Waals surface area contributed by atoms with E-state index in [1.165, 1.54) is 0 Å². The van der Waals surface area contributed by atoms with Crippen LogP contribution < -0.4 is 80.2 Å². The van der Waals surface area contributed by atoms with Crippen LogP contribution in [0.1, 0.15) is 57.8 Å². The highest BCUT2D eigenvalue weighted by Gasteiger charge is 2.37. The molecule has 14 amide bonds. The van der Waals surface area contributed by atoms with Gasteiger partial charge in [0.1, 0.15) is 60.4 Å². The van der Waals surface area contributed by atoms with Crippen LogP contribution >= 0.6 is 0 Å². The van der Waals surface area contributed by atoms with Crippen molar-refractivity contribution in [1.82, 2.24) is 74.4 Å². The van der Waals surface area contributed by atoms with Gasteiger partial charge in [-0.3, -0.25) is 110 Å². The van der Waals surface area contributed by atoms with E-state index in [0.717, 1.165) is 0 Å². The van der Waals surface area contributed by atoms with Crippen LogP contribution in [0.5, 0.6) is 0 Å². The van der Waals surface area contributed by atoms with Crippen molar-refractivity contribution in [3.63, 3.8) is 0 Å². The average molecular weight is 1460 g/mol. The zero-order chi connectivity index (χ0) is 77.7. The number of carbonyl (C=O) groups excluding carboxylic acids is 14. The highest BCUT2D eigenvalue weighted by atomic mass is 16.4. The van der Waals surface area contributed by atoms with Crippen LogP contribution in [0.25, 0.3) is 0 Å². The fourth-order valence-electron chi connectivity index (χ4n) is 7.52. The molecule has 11 atom stereocenters. The summed E-state index contributed by atoms with van der Waals surface area (Å²) in [6, 6.07) is -23.6. The number of aliphatic carboxylic acids is 10. The van der Waals surface area contributed by atoms with Crippen LogP contribution in [0.15, 0.2) is 0 Å². The molecule has 0 radical (unpaired) electrons. The first-order valence-corrected chi connectivity index (χ1v) is 28.2. The molecule has 0 heterocycles. The number of hydrogen-bond donors (Lipinski definition) is 27. The van der Waals surface area contributed by atoms with Crippen molar-refractivity contribution in [2.24, 2.45) is 5.73 Å². The summed E-state index contributed by atoms with van der Waals surface area (Å²) in [5.74, 6) is -38.9. The molecule has 0 rings (SSSR count). The molecule has 0 aromatic rings. The fraction of sp³-hybridized carbons (Fsp3) is 0.520. The van der Waals surface area contributed by atoms with Gasteiger partial charge in [0.05, 0.1) is 103 Å². The predicted octanol–water partition coefficient (Wildman–Crippen LogP) is -16.0. The van der Waals surface area contributed by atoms with Crippen molar-refractivity contribution in [2.75, 3.05) is 39.4 Å². The Kier molecular flexibility index (Phi) is 38.5. The van der Waals surface area contributed by atoms with E-state index in [1.54, 1.807) is 26.6 Å². The number of carboxylic acids is 10. The number of hydrogen-bond acceptors (Lipinski definition) is 27. The van der Waals surface area contributed by atoms with Crippen LogP contribution in [-0.4, -0.2) is 310 Å². The van der Waals surface area contributed by atoms with Crippen molar-refractivity contribution in [1.29, 1.82) is 0 Å². The van der Waals surface area contributed by atoms with Gasteiger partial charge in [-0.15, -0.1) is 0 Å². The molecule has 28 N–H and O–H groups in total. The molecule has 101 heavy (non-hydrogen) atoms. The van der Waals surface area contributed by atoms with Crippen LogP contribution in [-0.2, 0) is 115 Å². The van der Waals surface area contributed by atoms with E-state index in [-0.39, 0.29) is 0 Å². The second-order valence-corrected chi connectivity index (χ2v) is 20.4. The third-order valence-corrected chi connectivity index (χ3v) is 12.2. The maximum atomic E-state index is 13.4. The summed E-state index contributed by atoms with van der Waals surface area (Å²) in [7, 11) is 0. The molecule has 0 aliphatic carbocycles. The number of nitrogens with two attached hydrogens (primary N) is 1. The van der Waals surface area contributed by atoms with Gasteiger partial charge in [-0.25, -0.2) is 4.79 Å². The predicted molar refractivity (Wildman–Crippen MR) is 311 cm³/mol. The van der Waals surface area contributed by atoms with E-state index < -0.39 is 306 Å². The normalized spacial score (nSPS) is 13.8. The van der Waals surface area contributed by atoms with E-state index in [1.807, 2.05) is 47.9 Å². The number of aliphatic hydroxyl groups is 2. The molecule has 0 aliphatic rings. The quantitative estimate of drug-likeness (QED) is 0.0269. The molecule has 0 spiro atoms. The summed E-state index contributed by atoms with van der Waals surface area (Å²) >= 11 is 0. The summed E-state index contributed by atoms with van der Waals surface area (Å²) in [6.45, 7) is -7.48. The Morgan fingerprint density at radius 3 is 0.594 bits per heavy atom. The molecular formula is C50H69N15O36.